The molecule has 1 aliphatic heterocycles. The van der Waals surface area contributed by atoms with E-state index in [2.05, 4.69) is 45.2 Å². The summed E-state index contributed by atoms with van der Waals surface area (Å²) in [6.07, 6.45) is 4.71. The number of rotatable bonds is 2. The van der Waals surface area contributed by atoms with Crippen LogP contribution >= 0.6 is 0 Å². The van der Waals surface area contributed by atoms with Gasteiger partial charge in [0.25, 0.3) is 0 Å². The van der Waals surface area contributed by atoms with E-state index in [-0.39, 0.29) is 0 Å². The number of hydrogen-bond donors (Lipinski definition) is 1. The van der Waals surface area contributed by atoms with Crippen LogP contribution in [0.5, 0.6) is 0 Å². The van der Waals surface area contributed by atoms with Crippen molar-refractivity contribution in [2.75, 3.05) is 6.54 Å². The Morgan fingerprint density at radius 1 is 1.08 bits per heavy atom. The Labute approximate surface area is 76.2 Å². The summed E-state index contributed by atoms with van der Waals surface area (Å²) in [5, 5.41) is 3.56. The maximum Gasteiger partial charge on any atom is 0.0273 e. The standard InChI is InChI=1S/C11H21N/c1-8(2)10-5-6-11(9(3)4)12-7-10/h5-6,8-12H,7H2,1-4H3. The highest BCUT2D eigenvalue weighted by atomic mass is 14.9. The molecule has 2 atom stereocenters. The Hall–Kier alpha value is -0.300. The first-order valence-corrected chi connectivity index (χ1v) is 5.03. The van der Waals surface area contributed by atoms with E-state index in [1.54, 1.807) is 0 Å². The maximum atomic E-state index is 3.56. The van der Waals surface area contributed by atoms with E-state index in [1.807, 2.05) is 0 Å². The Balaban J connectivity index is 2.47. The predicted molar refractivity (Wildman–Crippen MR) is 54.1 cm³/mol. The monoisotopic (exact) mass is 167 g/mol. The SMILES string of the molecule is CC(C)C1C=CC(C(C)C)NC1. The third-order valence-corrected chi connectivity index (χ3v) is 2.73. The lowest BCUT2D eigenvalue weighted by molar-refractivity contribution is 0.362. The second kappa shape index (κ2) is 4.08. The van der Waals surface area contributed by atoms with Gasteiger partial charge in [-0.3, -0.25) is 0 Å². The summed E-state index contributed by atoms with van der Waals surface area (Å²) in [4.78, 5) is 0. The molecule has 1 rings (SSSR count). The van der Waals surface area contributed by atoms with E-state index in [4.69, 9.17) is 0 Å². The van der Waals surface area contributed by atoms with Gasteiger partial charge in [0.2, 0.25) is 0 Å². The Morgan fingerprint density at radius 2 is 1.75 bits per heavy atom. The van der Waals surface area contributed by atoms with Gasteiger partial charge in [-0.1, -0.05) is 39.8 Å². The van der Waals surface area contributed by atoms with E-state index in [0.29, 0.717) is 6.04 Å². The van der Waals surface area contributed by atoms with Crippen LogP contribution < -0.4 is 5.32 Å². The van der Waals surface area contributed by atoms with Gasteiger partial charge in [-0.05, 0) is 17.8 Å². The fourth-order valence-electron chi connectivity index (χ4n) is 1.59. The van der Waals surface area contributed by atoms with Gasteiger partial charge in [0.15, 0.2) is 0 Å². The van der Waals surface area contributed by atoms with Gasteiger partial charge < -0.3 is 5.32 Å². The minimum Gasteiger partial charge on any atom is -0.310 e. The largest absolute Gasteiger partial charge is 0.310 e. The first-order chi connectivity index (χ1) is 5.61. The average molecular weight is 167 g/mol. The van der Waals surface area contributed by atoms with Crippen molar-refractivity contribution in [1.82, 2.24) is 5.32 Å². The third kappa shape index (κ3) is 2.34. The molecule has 0 bridgehead atoms. The maximum absolute atomic E-state index is 3.56. The number of nitrogens with one attached hydrogen (secondary N) is 1. The van der Waals surface area contributed by atoms with Crippen LogP contribution in [-0.4, -0.2) is 12.6 Å². The first kappa shape index (κ1) is 9.79. The van der Waals surface area contributed by atoms with Crippen molar-refractivity contribution in [2.45, 2.75) is 33.7 Å². The van der Waals surface area contributed by atoms with Crippen LogP contribution in [0.25, 0.3) is 0 Å². The lowest BCUT2D eigenvalue weighted by Crippen LogP contribution is -2.39. The van der Waals surface area contributed by atoms with E-state index in [0.717, 1.165) is 24.3 Å². The van der Waals surface area contributed by atoms with Gasteiger partial charge in [0.05, 0.1) is 0 Å². The van der Waals surface area contributed by atoms with Crippen molar-refractivity contribution >= 4 is 0 Å². The van der Waals surface area contributed by atoms with Crippen molar-refractivity contribution in [1.29, 1.82) is 0 Å². The molecule has 0 aliphatic carbocycles. The molecule has 1 heteroatoms. The molecule has 1 nitrogen and oxygen atoms in total. The molecular weight excluding hydrogens is 146 g/mol. The third-order valence-electron chi connectivity index (χ3n) is 2.73. The molecule has 1 heterocycles. The second-order valence-corrected chi connectivity index (χ2v) is 4.47. The van der Waals surface area contributed by atoms with Crippen molar-refractivity contribution in [3.63, 3.8) is 0 Å². The van der Waals surface area contributed by atoms with Crippen LogP contribution in [0.3, 0.4) is 0 Å². The minimum atomic E-state index is 0.597. The summed E-state index contributed by atoms with van der Waals surface area (Å²) in [6, 6.07) is 0.597. The molecule has 70 valence electrons. The highest BCUT2D eigenvalue weighted by Crippen LogP contribution is 2.17. The smallest absolute Gasteiger partial charge is 0.0273 e. The van der Waals surface area contributed by atoms with E-state index in [1.165, 1.54) is 0 Å². The lowest BCUT2D eigenvalue weighted by atomic mass is 9.89. The molecule has 0 radical (unpaired) electrons. The van der Waals surface area contributed by atoms with Crippen molar-refractivity contribution in [3.05, 3.63) is 12.2 Å². The van der Waals surface area contributed by atoms with Gasteiger partial charge in [-0.15, -0.1) is 0 Å². The molecule has 0 aromatic heterocycles. The Morgan fingerprint density at radius 3 is 2.08 bits per heavy atom. The summed E-state index contributed by atoms with van der Waals surface area (Å²) < 4.78 is 0. The normalized spacial score (nSPS) is 30.2. The van der Waals surface area contributed by atoms with Gasteiger partial charge in [0.1, 0.15) is 0 Å². The summed E-state index contributed by atoms with van der Waals surface area (Å²) in [6.45, 7) is 10.2. The van der Waals surface area contributed by atoms with E-state index >= 15 is 0 Å². The molecule has 0 saturated carbocycles. The van der Waals surface area contributed by atoms with E-state index in [9.17, 15) is 0 Å². The fraction of sp³-hybridized carbons (Fsp3) is 0.818. The minimum absolute atomic E-state index is 0.597. The molecule has 12 heavy (non-hydrogen) atoms. The zero-order valence-corrected chi connectivity index (χ0v) is 8.67. The van der Waals surface area contributed by atoms with Gasteiger partial charge in [-0.25, -0.2) is 0 Å². The van der Waals surface area contributed by atoms with Gasteiger partial charge in [0, 0.05) is 12.6 Å². The van der Waals surface area contributed by atoms with Crippen molar-refractivity contribution in [3.8, 4) is 0 Å². The fourth-order valence-corrected chi connectivity index (χ4v) is 1.59. The Bertz CT molecular complexity index is 140. The molecule has 0 saturated heterocycles. The highest BCUT2D eigenvalue weighted by molar-refractivity contribution is 5.03. The molecule has 2 unspecified atom stereocenters. The number of hydrogen-bond acceptors (Lipinski definition) is 1. The molecule has 0 spiro atoms. The van der Waals surface area contributed by atoms with Crippen molar-refractivity contribution in [2.24, 2.45) is 17.8 Å². The van der Waals surface area contributed by atoms with Crippen molar-refractivity contribution < 1.29 is 0 Å². The van der Waals surface area contributed by atoms with Crippen LogP contribution in [-0.2, 0) is 0 Å². The summed E-state index contributed by atoms with van der Waals surface area (Å²) in [5.41, 5.74) is 0. The molecule has 0 fully saturated rings. The molecule has 0 aromatic rings. The predicted octanol–water partition coefficient (Wildman–Crippen LogP) is 2.44. The van der Waals surface area contributed by atoms with Crippen LogP contribution in [0.2, 0.25) is 0 Å². The van der Waals surface area contributed by atoms with Gasteiger partial charge in [-0.2, -0.15) is 0 Å². The Kier molecular flexibility index (Phi) is 3.33. The molecule has 0 amide bonds. The van der Waals surface area contributed by atoms with Crippen LogP contribution in [0.15, 0.2) is 12.2 Å². The van der Waals surface area contributed by atoms with Crippen LogP contribution in [0.4, 0.5) is 0 Å². The zero-order chi connectivity index (χ0) is 9.14. The zero-order valence-electron chi connectivity index (χ0n) is 8.67. The average Bonchev–Trinajstić information content (AvgIpc) is 2.04. The lowest BCUT2D eigenvalue weighted by Gasteiger charge is -2.28. The summed E-state index contributed by atoms with van der Waals surface area (Å²) in [7, 11) is 0. The first-order valence-electron chi connectivity index (χ1n) is 5.03. The molecule has 1 N–H and O–H groups in total. The summed E-state index contributed by atoms with van der Waals surface area (Å²) in [5.74, 6) is 2.22. The molecule has 1 aliphatic rings. The topological polar surface area (TPSA) is 12.0 Å². The highest BCUT2D eigenvalue weighted by Gasteiger charge is 2.18. The van der Waals surface area contributed by atoms with E-state index < -0.39 is 0 Å². The molecule has 0 aromatic carbocycles. The molecular formula is C11H21N. The van der Waals surface area contributed by atoms with Crippen LogP contribution in [0, 0.1) is 17.8 Å². The second-order valence-electron chi connectivity index (χ2n) is 4.47. The van der Waals surface area contributed by atoms with Gasteiger partial charge >= 0.3 is 0 Å². The van der Waals surface area contributed by atoms with Crippen LogP contribution in [0.1, 0.15) is 27.7 Å². The quantitative estimate of drug-likeness (QED) is 0.623. The summed E-state index contributed by atoms with van der Waals surface area (Å²) >= 11 is 0.